The Balaban J connectivity index is 1.62. The molecule has 32 heavy (non-hydrogen) atoms. The molecule has 1 N–H and O–H groups in total. The molecule has 4 nitrogen and oxygen atoms in total. The fraction of sp³-hybridized carbons (Fsp3) is 0.357. The summed E-state index contributed by atoms with van der Waals surface area (Å²) in [5.74, 6) is -0.376. The number of carbonyl (C=O) groups is 2. The Morgan fingerprint density at radius 2 is 1.56 bits per heavy atom. The third kappa shape index (κ3) is 3.68. The molecule has 166 valence electrons. The highest BCUT2D eigenvalue weighted by atomic mass is 16.2. The molecule has 2 aromatic carbocycles. The second kappa shape index (κ2) is 7.47. The summed E-state index contributed by atoms with van der Waals surface area (Å²) in [4.78, 5) is 25.2. The van der Waals surface area contributed by atoms with E-state index in [2.05, 4.69) is 65.2 Å². The van der Waals surface area contributed by atoms with Gasteiger partial charge in [-0.15, -0.1) is 0 Å². The van der Waals surface area contributed by atoms with Crippen molar-refractivity contribution in [1.29, 1.82) is 0 Å². The van der Waals surface area contributed by atoms with E-state index in [-0.39, 0.29) is 29.0 Å². The first-order valence-corrected chi connectivity index (χ1v) is 11.2. The zero-order valence-electron chi connectivity index (χ0n) is 19.8. The minimum absolute atomic E-state index is 0.119. The van der Waals surface area contributed by atoms with Crippen LogP contribution in [0.1, 0.15) is 73.9 Å². The van der Waals surface area contributed by atoms with Crippen molar-refractivity contribution in [1.82, 2.24) is 10.2 Å². The van der Waals surface area contributed by atoms with Crippen molar-refractivity contribution >= 4 is 17.5 Å². The maximum Gasteiger partial charge on any atom is 0.329 e. The first-order chi connectivity index (χ1) is 14.9. The molecule has 0 spiro atoms. The zero-order chi connectivity index (χ0) is 23.4. The van der Waals surface area contributed by atoms with Gasteiger partial charge in [0.1, 0.15) is 5.70 Å². The molecule has 4 heteroatoms. The van der Waals surface area contributed by atoms with Gasteiger partial charge in [0.05, 0.1) is 6.54 Å². The zero-order valence-corrected chi connectivity index (χ0v) is 19.8. The molecule has 3 amide bonds. The lowest BCUT2D eigenvalue weighted by molar-refractivity contribution is -0.123. The van der Waals surface area contributed by atoms with Gasteiger partial charge in [0, 0.05) is 0 Å². The highest BCUT2D eigenvalue weighted by Crippen LogP contribution is 2.47. The van der Waals surface area contributed by atoms with Crippen LogP contribution in [-0.4, -0.2) is 16.8 Å². The summed E-state index contributed by atoms with van der Waals surface area (Å²) in [6.07, 6.45) is 2.37. The van der Waals surface area contributed by atoms with E-state index in [0.29, 0.717) is 0 Å². The molecule has 1 heterocycles. The molecule has 2 aliphatic rings. The van der Waals surface area contributed by atoms with E-state index in [1.165, 1.54) is 40.0 Å². The van der Waals surface area contributed by atoms with Crippen LogP contribution in [-0.2, 0) is 22.2 Å². The third-order valence-corrected chi connectivity index (χ3v) is 7.17. The summed E-state index contributed by atoms with van der Waals surface area (Å²) >= 11 is 0. The number of amides is 3. The second-order valence-electron chi connectivity index (χ2n) is 10.5. The van der Waals surface area contributed by atoms with Crippen molar-refractivity contribution in [2.75, 3.05) is 0 Å². The molecule has 0 saturated carbocycles. The number of nitrogens with one attached hydrogen (secondary N) is 1. The van der Waals surface area contributed by atoms with Crippen molar-refractivity contribution in [2.24, 2.45) is 0 Å². The molecule has 1 aliphatic heterocycles. The van der Waals surface area contributed by atoms with Crippen LogP contribution in [0.2, 0.25) is 0 Å². The first kappa shape index (κ1) is 22.1. The Morgan fingerprint density at radius 1 is 1.00 bits per heavy atom. The fourth-order valence-corrected chi connectivity index (χ4v) is 4.85. The van der Waals surface area contributed by atoms with E-state index in [9.17, 15) is 9.59 Å². The van der Waals surface area contributed by atoms with E-state index in [1.807, 2.05) is 24.3 Å². The summed E-state index contributed by atoms with van der Waals surface area (Å²) in [6, 6.07) is 12.2. The van der Waals surface area contributed by atoms with Crippen LogP contribution >= 0.6 is 0 Å². The van der Waals surface area contributed by atoms with Crippen LogP contribution in [0.5, 0.6) is 0 Å². The lowest BCUT2D eigenvalue weighted by Gasteiger charge is -2.42. The Labute approximate surface area is 191 Å². The van der Waals surface area contributed by atoms with Gasteiger partial charge in [-0.3, -0.25) is 9.69 Å². The van der Waals surface area contributed by atoms with Gasteiger partial charge in [0.25, 0.3) is 5.91 Å². The molecule has 0 atom stereocenters. The minimum Gasteiger partial charge on any atom is -0.303 e. The van der Waals surface area contributed by atoms with E-state index in [1.54, 1.807) is 0 Å². The molecule has 0 radical (unpaired) electrons. The van der Waals surface area contributed by atoms with Gasteiger partial charge in [-0.2, -0.15) is 0 Å². The van der Waals surface area contributed by atoms with Gasteiger partial charge in [0.15, 0.2) is 0 Å². The third-order valence-electron chi connectivity index (χ3n) is 7.17. The van der Waals surface area contributed by atoms with Crippen LogP contribution in [0.4, 0.5) is 4.79 Å². The fourth-order valence-electron chi connectivity index (χ4n) is 4.85. The van der Waals surface area contributed by atoms with E-state index >= 15 is 0 Å². The number of carbonyl (C=O) groups excluding carboxylic acids is 2. The van der Waals surface area contributed by atoms with Gasteiger partial charge in [-0.25, -0.2) is 4.79 Å². The molecule has 0 aromatic heterocycles. The Morgan fingerprint density at radius 3 is 2.09 bits per heavy atom. The summed E-state index contributed by atoms with van der Waals surface area (Å²) in [7, 11) is 0. The molecule has 2 aromatic rings. The molecule has 1 saturated heterocycles. The topological polar surface area (TPSA) is 49.4 Å². The van der Waals surface area contributed by atoms with Gasteiger partial charge in [0.2, 0.25) is 0 Å². The Hall–Kier alpha value is -3.14. The maximum absolute atomic E-state index is 12.1. The highest BCUT2D eigenvalue weighted by Gasteiger charge is 2.37. The molecule has 1 aliphatic carbocycles. The number of imide groups is 1. The molecular weight excluding hydrogens is 396 g/mol. The summed E-state index contributed by atoms with van der Waals surface area (Å²) < 4.78 is 0. The number of hydrogen-bond donors (Lipinski definition) is 1. The predicted octanol–water partition coefficient (Wildman–Crippen LogP) is 5.97. The Bertz CT molecular complexity index is 1150. The van der Waals surface area contributed by atoms with Crippen LogP contribution in [0.25, 0.3) is 5.57 Å². The summed E-state index contributed by atoms with van der Waals surface area (Å²) in [5.41, 5.74) is 8.63. The van der Waals surface area contributed by atoms with Gasteiger partial charge < -0.3 is 5.32 Å². The lowest BCUT2D eigenvalue weighted by atomic mass is 9.62. The van der Waals surface area contributed by atoms with Crippen LogP contribution < -0.4 is 5.32 Å². The number of hydrogen-bond acceptors (Lipinski definition) is 2. The van der Waals surface area contributed by atoms with Crippen LogP contribution in [0.3, 0.4) is 0 Å². The van der Waals surface area contributed by atoms with Crippen molar-refractivity contribution in [3.8, 4) is 0 Å². The monoisotopic (exact) mass is 428 g/mol. The van der Waals surface area contributed by atoms with E-state index in [0.717, 1.165) is 16.7 Å². The SMILES string of the molecule is C=C1NC(=O)N(Cc2ccc(C(=C)c3cc4c(cc3C)C(C)(C)CCC4(C)C)cc2)C1=O. The standard InChI is InChI=1S/C28H32N2O2/c1-17-14-23-24(28(6,7)13-12-27(23,4)5)15-22(17)18(2)21-10-8-20(9-11-21)16-30-25(31)19(3)29-26(30)32/h8-11,14-15H,2-3,12-13,16H2,1,4-7H3,(H,29,32). The predicted molar refractivity (Wildman–Crippen MR) is 129 cm³/mol. The number of fused-ring (bicyclic) bond motifs is 1. The lowest BCUT2D eigenvalue weighted by Crippen LogP contribution is -2.34. The minimum atomic E-state index is -0.427. The average Bonchev–Trinajstić information content (AvgIpc) is 2.97. The average molecular weight is 429 g/mol. The molecule has 4 rings (SSSR count). The molecule has 0 bridgehead atoms. The normalized spacial score (nSPS) is 19.0. The van der Waals surface area contributed by atoms with E-state index < -0.39 is 6.03 Å². The molecule has 0 unspecified atom stereocenters. The maximum atomic E-state index is 12.1. The molecular formula is C28H32N2O2. The van der Waals surface area contributed by atoms with Gasteiger partial charge >= 0.3 is 6.03 Å². The smallest absolute Gasteiger partial charge is 0.303 e. The first-order valence-electron chi connectivity index (χ1n) is 11.2. The Kier molecular flexibility index (Phi) is 5.15. The quantitative estimate of drug-likeness (QED) is 0.482. The summed E-state index contributed by atoms with van der Waals surface area (Å²) in [6.45, 7) is 19.7. The van der Waals surface area contributed by atoms with Gasteiger partial charge in [-0.1, -0.05) is 77.3 Å². The number of urea groups is 1. The van der Waals surface area contributed by atoms with Crippen molar-refractivity contribution in [3.63, 3.8) is 0 Å². The number of nitrogens with zero attached hydrogens (tertiary/aromatic N) is 1. The van der Waals surface area contributed by atoms with Crippen LogP contribution in [0, 0.1) is 6.92 Å². The second-order valence-corrected chi connectivity index (χ2v) is 10.5. The van der Waals surface area contributed by atoms with Crippen molar-refractivity contribution < 1.29 is 9.59 Å². The molecule has 1 fully saturated rings. The number of rotatable bonds is 4. The highest BCUT2D eigenvalue weighted by molar-refractivity contribution is 6.11. The number of benzene rings is 2. The number of aryl methyl sites for hydroxylation is 1. The largest absolute Gasteiger partial charge is 0.329 e. The van der Waals surface area contributed by atoms with Crippen LogP contribution in [0.15, 0.2) is 55.3 Å². The van der Waals surface area contributed by atoms with Gasteiger partial charge in [-0.05, 0) is 69.5 Å². The van der Waals surface area contributed by atoms with Crippen molar-refractivity contribution in [3.05, 3.63) is 88.6 Å². The summed E-state index contributed by atoms with van der Waals surface area (Å²) in [5, 5.41) is 2.46. The van der Waals surface area contributed by atoms with E-state index in [4.69, 9.17) is 0 Å². The van der Waals surface area contributed by atoms with Crippen molar-refractivity contribution in [2.45, 2.75) is 64.8 Å².